The van der Waals surface area contributed by atoms with Crippen LogP contribution in [0.25, 0.3) is 68.3 Å². The van der Waals surface area contributed by atoms with Gasteiger partial charge in [0, 0.05) is 39.5 Å². The smallest absolute Gasteiger partial charge is 0.145 e. The molecule has 0 aliphatic heterocycles. The summed E-state index contributed by atoms with van der Waals surface area (Å²) in [5, 5.41) is 0. The lowest BCUT2D eigenvalue weighted by molar-refractivity contribution is 0.936. The molecule has 0 atom stereocenters. The van der Waals surface area contributed by atoms with Crippen LogP contribution in [0.15, 0.2) is 128 Å². The number of imidazole rings is 3. The largest absolute Gasteiger partial charge is 0.297 e. The molecular formula is C41H34N6. The van der Waals surface area contributed by atoms with Crippen LogP contribution in [0.2, 0.25) is 0 Å². The van der Waals surface area contributed by atoms with E-state index in [1.807, 2.05) is 25.1 Å². The Bertz CT molecular complexity index is 2350. The lowest BCUT2D eigenvalue weighted by Crippen LogP contribution is -2.03. The molecule has 6 heteroatoms. The van der Waals surface area contributed by atoms with E-state index in [0.717, 1.165) is 97.9 Å². The maximum atomic E-state index is 5.31. The minimum absolute atomic E-state index is 0.771. The van der Waals surface area contributed by atoms with Crippen molar-refractivity contribution in [2.24, 2.45) is 0 Å². The van der Waals surface area contributed by atoms with E-state index in [1.165, 1.54) is 0 Å². The van der Waals surface area contributed by atoms with E-state index >= 15 is 0 Å². The van der Waals surface area contributed by atoms with Gasteiger partial charge in [-0.15, -0.1) is 0 Å². The molecule has 0 amide bonds. The highest BCUT2D eigenvalue weighted by Crippen LogP contribution is 2.38. The van der Waals surface area contributed by atoms with E-state index in [9.17, 15) is 0 Å². The average Bonchev–Trinajstić information content (AvgIpc) is 3.80. The van der Waals surface area contributed by atoms with Gasteiger partial charge in [0.1, 0.15) is 17.5 Å². The second kappa shape index (κ2) is 11.4. The summed E-state index contributed by atoms with van der Waals surface area (Å²) in [4.78, 5) is 15.6. The monoisotopic (exact) mass is 610 g/mol. The molecule has 0 unspecified atom stereocenters. The second-order valence-electron chi connectivity index (χ2n) is 11.9. The van der Waals surface area contributed by atoms with Crippen LogP contribution >= 0.6 is 0 Å². The fraction of sp³-hybridized carbons (Fsp3) is 0.0976. The lowest BCUT2D eigenvalue weighted by atomic mass is 10.0. The summed E-state index contributed by atoms with van der Waals surface area (Å²) in [5.41, 5.74) is 11.9. The Labute approximate surface area is 274 Å². The number of aromatic nitrogens is 6. The van der Waals surface area contributed by atoms with Gasteiger partial charge in [-0.1, -0.05) is 67.8 Å². The number of aryl methyl sites for hydroxylation is 2. The van der Waals surface area contributed by atoms with Crippen LogP contribution in [-0.2, 0) is 6.42 Å². The standard InChI is InChI=1S/C41H34N6/c1-5-27(2)45-29(4)28(3)42-39(45)30-24-31(40-43-35-20-12-14-22-37(35)46(40)33-16-8-6-9-17-33)26-32(25-30)41-44-36-21-13-15-23-38(36)47(41)34-18-10-7-11-19-34/h5-12,14-20,22-26H,1-2,13,21H2,3-4H3. The summed E-state index contributed by atoms with van der Waals surface area (Å²) >= 11 is 0. The van der Waals surface area contributed by atoms with Crippen molar-refractivity contribution in [3.05, 3.63) is 151 Å². The Morgan fingerprint density at radius 1 is 0.702 bits per heavy atom. The van der Waals surface area contributed by atoms with Crippen LogP contribution in [0.4, 0.5) is 0 Å². The van der Waals surface area contributed by atoms with E-state index in [-0.39, 0.29) is 0 Å². The van der Waals surface area contributed by atoms with Gasteiger partial charge in [-0.05, 0) is 93.4 Å². The number of rotatable bonds is 7. The fourth-order valence-corrected chi connectivity index (χ4v) is 6.60. The van der Waals surface area contributed by atoms with Gasteiger partial charge < -0.3 is 0 Å². The van der Waals surface area contributed by atoms with Gasteiger partial charge in [-0.2, -0.15) is 0 Å². The molecule has 1 aliphatic carbocycles. The van der Waals surface area contributed by atoms with E-state index < -0.39 is 0 Å². The van der Waals surface area contributed by atoms with Gasteiger partial charge in [0.05, 0.1) is 28.1 Å². The topological polar surface area (TPSA) is 53.5 Å². The van der Waals surface area contributed by atoms with Crippen LogP contribution in [0, 0.1) is 13.8 Å². The number of allylic oxidation sites excluding steroid dienone is 3. The first-order chi connectivity index (χ1) is 23.0. The van der Waals surface area contributed by atoms with Crippen LogP contribution in [0.3, 0.4) is 0 Å². The third-order valence-corrected chi connectivity index (χ3v) is 8.98. The molecule has 7 aromatic rings. The summed E-state index contributed by atoms with van der Waals surface area (Å²) < 4.78 is 6.60. The van der Waals surface area contributed by atoms with E-state index in [2.05, 4.69) is 131 Å². The highest BCUT2D eigenvalue weighted by atomic mass is 15.1. The average molecular weight is 611 g/mol. The molecule has 0 spiro atoms. The minimum atomic E-state index is 0.771. The molecule has 228 valence electrons. The highest BCUT2D eigenvalue weighted by Gasteiger charge is 2.24. The maximum absolute atomic E-state index is 5.31. The van der Waals surface area contributed by atoms with Gasteiger partial charge in [0.2, 0.25) is 0 Å². The molecule has 0 N–H and O–H groups in total. The minimum Gasteiger partial charge on any atom is -0.297 e. The highest BCUT2D eigenvalue weighted by molar-refractivity contribution is 5.86. The summed E-state index contributed by atoms with van der Waals surface area (Å²) in [6.45, 7) is 12.4. The first-order valence-corrected chi connectivity index (χ1v) is 15.9. The summed E-state index contributed by atoms with van der Waals surface area (Å²) in [5.74, 6) is 2.53. The molecule has 4 aromatic carbocycles. The predicted octanol–water partition coefficient (Wildman–Crippen LogP) is 9.64. The molecule has 0 saturated heterocycles. The Hall–Kier alpha value is -6.01. The quantitative estimate of drug-likeness (QED) is 0.169. The first-order valence-electron chi connectivity index (χ1n) is 15.9. The second-order valence-corrected chi connectivity index (χ2v) is 11.9. The van der Waals surface area contributed by atoms with Crippen molar-refractivity contribution in [1.82, 2.24) is 28.7 Å². The van der Waals surface area contributed by atoms with E-state index in [0.29, 0.717) is 0 Å². The molecule has 0 fully saturated rings. The maximum Gasteiger partial charge on any atom is 0.145 e. The van der Waals surface area contributed by atoms with Crippen LogP contribution in [0.5, 0.6) is 0 Å². The Morgan fingerprint density at radius 3 is 1.98 bits per heavy atom. The van der Waals surface area contributed by atoms with Crippen molar-refractivity contribution in [3.63, 3.8) is 0 Å². The molecule has 8 rings (SSSR count). The third kappa shape index (κ3) is 4.77. The molecule has 0 radical (unpaired) electrons. The molecular weight excluding hydrogens is 576 g/mol. The van der Waals surface area contributed by atoms with Crippen molar-refractivity contribution >= 4 is 22.8 Å². The Morgan fingerprint density at radius 2 is 1.30 bits per heavy atom. The molecule has 0 bridgehead atoms. The molecule has 3 aromatic heterocycles. The zero-order valence-corrected chi connectivity index (χ0v) is 26.6. The van der Waals surface area contributed by atoms with Gasteiger partial charge in [0.25, 0.3) is 0 Å². The van der Waals surface area contributed by atoms with E-state index in [4.69, 9.17) is 15.0 Å². The SMILES string of the molecule is C=CC(=C)n1c(-c2cc(-c3nc4c(n3-c3ccccc3)C=CCC4)cc(-c3nc4ccccc4n3-c3ccccc3)c2)nc(C)c1C. The molecule has 0 saturated carbocycles. The van der Waals surface area contributed by atoms with Crippen LogP contribution < -0.4 is 0 Å². The normalized spacial score (nSPS) is 12.4. The number of hydrogen-bond acceptors (Lipinski definition) is 3. The van der Waals surface area contributed by atoms with Gasteiger partial charge in [-0.25, -0.2) is 15.0 Å². The summed E-state index contributed by atoms with van der Waals surface area (Å²) in [7, 11) is 0. The van der Waals surface area contributed by atoms with Crippen molar-refractivity contribution in [2.45, 2.75) is 26.7 Å². The number of benzene rings is 4. The zero-order valence-electron chi connectivity index (χ0n) is 26.6. The molecule has 3 heterocycles. The number of nitrogens with zero attached hydrogens (tertiary/aromatic N) is 6. The lowest BCUT2D eigenvalue weighted by Gasteiger charge is -2.16. The molecule has 6 nitrogen and oxygen atoms in total. The van der Waals surface area contributed by atoms with Crippen LogP contribution in [-0.4, -0.2) is 28.7 Å². The number of para-hydroxylation sites is 4. The number of hydrogen-bond donors (Lipinski definition) is 0. The van der Waals surface area contributed by atoms with Gasteiger partial charge in [0.15, 0.2) is 0 Å². The fourth-order valence-electron chi connectivity index (χ4n) is 6.60. The predicted molar refractivity (Wildman–Crippen MR) is 193 cm³/mol. The first kappa shape index (κ1) is 28.5. The molecule has 47 heavy (non-hydrogen) atoms. The van der Waals surface area contributed by atoms with Crippen molar-refractivity contribution < 1.29 is 0 Å². The third-order valence-electron chi connectivity index (χ3n) is 8.98. The van der Waals surface area contributed by atoms with E-state index in [1.54, 1.807) is 6.08 Å². The summed E-state index contributed by atoms with van der Waals surface area (Å²) in [6.07, 6.45) is 8.09. The molecule has 1 aliphatic rings. The van der Waals surface area contributed by atoms with Gasteiger partial charge in [-0.3, -0.25) is 13.7 Å². The number of fused-ring (bicyclic) bond motifs is 2. The van der Waals surface area contributed by atoms with Crippen molar-refractivity contribution in [2.75, 3.05) is 0 Å². The van der Waals surface area contributed by atoms with Crippen LogP contribution in [0.1, 0.15) is 29.2 Å². The summed E-state index contributed by atoms with van der Waals surface area (Å²) in [6, 6.07) is 35.8. The van der Waals surface area contributed by atoms with Crippen molar-refractivity contribution in [1.29, 1.82) is 0 Å². The zero-order chi connectivity index (χ0) is 32.1. The Kier molecular flexibility index (Phi) is 6.91. The van der Waals surface area contributed by atoms with Gasteiger partial charge >= 0.3 is 0 Å². The van der Waals surface area contributed by atoms with Crippen molar-refractivity contribution in [3.8, 4) is 45.5 Å². The Balaban J connectivity index is 1.46.